The van der Waals surface area contributed by atoms with Crippen molar-refractivity contribution in [1.29, 1.82) is 0 Å². The quantitative estimate of drug-likeness (QED) is 0.0795. The molecule has 0 bridgehead atoms. The molecule has 2 heterocycles. The van der Waals surface area contributed by atoms with Gasteiger partial charge in [-0.25, -0.2) is 34.3 Å². The van der Waals surface area contributed by atoms with E-state index in [2.05, 4.69) is 84.1 Å². The van der Waals surface area contributed by atoms with Gasteiger partial charge in [0.2, 0.25) is 0 Å². The summed E-state index contributed by atoms with van der Waals surface area (Å²) in [7, 11) is 8.00. The molecule has 2 aliphatic carbocycles. The van der Waals surface area contributed by atoms with E-state index in [1.54, 1.807) is 0 Å². The van der Waals surface area contributed by atoms with Gasteiger partial charge in [0.05, 0.1) is 13.2 Å². The first-order chi connectivity index (χ1) is 25.9. The van der Waals surface area contributed by atoms with Crippen LogP contribution in [0.25, 0.3) is 22.8 Å². The molecule has 0 saturated carbocycles. The van der Waals surface area contributed by atoms with E-state index in [9.17, 15) is 0 Å². The largest absolute Gasteiger partial charge is 4.00 e. The van der Waals surface area contributed by atoms with Gasteiger partial charge in [-0.3, -0.25) is 22.1 Å². The second kappa shape index (κ2) is 26.0. The van der Waals surface area contributed by atoms with Crippen LogP contribution in [0.2, 0.25) is 10.3 Å². The minimum absolute atomic E-state index is 0. The molecule has 11 heteroatoms. The second-order valence-corrected chi connectivity index (χ2v) is 14.2. The molecular weight excluding hydrogens is 763 g/mol. The molecular formula is C44H52Cl2N6O2Ti. The third-order valence-corrected chi connectivity index (χ3v) is 7.92. The van der Waals surface area contributed by atoms with Gasteiger partial charge in [-0.05, 0) is 83.5 Å². The molecule has 0 saturated heterocycles. The molecule has 0 fully saturated rings. The number of benzene rings is 2. The van der Waals surface area contributed by atoms with E-state index in [4.69, 9.17) is 32.7 Å². The van der Waals surface area contributed by atoms with Crippen LogP contribution in [-0.4, -0.2) is 61.3 Å². The Morgan fingerprint density at radius 2 is 0.964 bits per heavy atom. The van der Waals surface area contributed by atoms with E-state index in [-0.39, 0.29) is 32.0 Å². The number of nitrogens with zero attached hydrogens (tertiary/aromatic N) is 6. The maximum Gasteiger partial charge on any atom is 4.00 e. The van der Waals surface area contributed by atoms with Gasteiger partial charge in [0.1, 0.15) is 0 Å². The molecule has 4 aromatic rings. The molecule has 8 nitrogen and oxygen atoms in total. The van der Waals surface area contributed by atoms with Gasteiger partial charge in [-0.2, -0.15) is 12.2 Å². The first-order valence-corrected chi connectivity index (χ1v) is 18.8. The third kappa shape index (κ3) is 19.0. The van der Waals surface area contributed by atoms with Crippen LogP contribution in [0, 0.1) is 36.1 Å². The summed E-state index contributed by atoms with van der Waals surface area (Å²) in [5.74, 6) is 3.05. The summed E-state index contributed by atoms with van der Waals surface area (Å²) in [5, 5.41) is 0.530. The first kappa shape index (κ1) is 47.2. The molecule has 0 spiro atoms. The molecule has 2 aromatic heterocycles. The fourth-order valence-electron chi connectivity index (χ4n) is 4.39. The van der Waals surface area contributed by atoms with E-state index in [0.29, 0.717) is 48.5 Å². The number of anilines is 2. The van der Waals surface area contributed by atoms with Crippen molar-refractivity contribution in [3.8, 4) is 34.5 Å². The van der Waals surface area contributed by atoms with Crippen molar-refractivity contribution in [2.24, 2.45) is 11.8 Å². The zero-order chi connectivity index (χ0) is 39.3. The number of allylic oxidation sites excluding steroid dienone is 8. The molecule has 0 amide bonds. The Bertz CT molecular complexity index is 1660. The van der Waals surface area contributed by atoms with Gasteiger partial charge in [-0.15, -0.1) is 36.0 Å². The number of hydrogen-bond acceptors (Lipinski definition) is 8. The molecule has 0 aliphatic heterocycles. The van der Waals surface area contributed by atoms with Crippen LogP contribution in [0.3, 0.4) is 0 Å². The van der Waals surface area contributed by atoms with Crippen LogP contribution >= 0.6 is 23.2 Å². The summed E-state index contributed by atoms with van der Waals surface area (Å²) < 4.78 is 11.2. The molecule has 55 heavy (non-hydrogen) atoms. The minimum atomic E-state index is 0. The van der Waals surface area contributed by atoms with E-state index >= 15 is 0 Å². The molecule has 2 aromatic carbocycles. The molecule has 6 rings (SSSR count). The van der Waals surface area contributed by atoms with E-state index < -0.39 is 0 Å². The summed E-state index contributed by atoms with van der Waals surface area (Å²) in [4.78, 5) is 21.3. The maximum absolute atomic E-state index is 6.03. The van der Waals surface area contributed by atoms with Crippen LogP contribution in [-0.2, 0) is 21.7 Å². The number of rotatable bonds is 12. The van der Waals surface area contributed by atoms with Crippen LogP contribution in [0.15, 0.2) is 85.0 Å². The number of hydrogen-bond donors (Lipinski definition) is 0. The Morgan fingerprint density at radius 1 is 0.600 bits per heavy atom. The smallest absolute Gasteiger partial charge is 0.512 e. The Kier molecular flexibility index (Phi) is 22.3. The van der Waals surface area contributed by atoms with Crippen LogP contribution in [0.5, 0.6) is 11.8 Å². The Balaban J connectivity index is 0.000000298. The standard InChI is InChI=1S/2C17H21ClN3O.2C5H5.Ti/c2*1-12(2)9-10-22-16-11-15(18)19-17(20-16)13-5-7-14(8-6-13)21(3)4;2*1-2-4-5-3-1;/h2*5-8,12H,9-10H2,1-4H3;2*1-3H,4H2;/q4*-1;+4. The number of ether oxygens (including phenoxy) is 2. The topological polar surface area (TPSA) is 76.5 Å². The first-order valence-electron chi connectivity index (χ1n) is 18.1. The van der Waals surface area contributed by atoms with Crippen LogP contribution in [0.1, 0.15) is 53.4 Å². The maximum atomic E-state index is 6.03. The van der Waals surface area contributed by atoms with Crippen LogP contribution < -0.4 is 19.3 Å². The monoisotopic (exact) mass is 814 g/mol. The van der Waals surface area contributed by atoms with Crippen molar-refractivity contribution >= 4 is 34.6 Å². The van der Waals surface area contributed by atoms with Gasteiger partial charge in [0.25, 0.3) is 0 Å². The summed E-state index contributed by atoms with van der Waals surface area (Å²) in [6, 6.07) is 21.6. The van der Waals surface area contributed by atoms with Crippen molar-refractivity contribution in [2.45, 2.75) is 53.4 Å². The molecule has 0 unspecified atom stereocenters. The van der Waals surface area contributed by atoms with Crippen molar-refractivity contribution in [1.82, 2.24) is 19.9 Å². The van der Waals surface area contributed by atoms with Crippen LogP contribution in [0.4, 0.5) is 11.4 Å². The minimum Gasteiger partial charge on any atom is -0.512 e. The summed E-state index contributed by atoms with van der Waals surface area (Å²) >= 11 is 12.1. The number of aromatic nitrogens is 4. The third-order valence-electron chi connectivity index (χ3n) is 7.57. The Hall–Kier alpha value is -3.95. The fraction of sp³-hybridized carbons (Fsp3) is 0.364. The summed E-state index contributed by atoms with van der Waals surface area (Å²) in [6.07, 6.45) is 21.9. The van der Waals surface area contributed by atoms with Crippen molar-refractivity contribution in [3.05, 3.63) is 120 Å². The van der Waals surface area contributed by atoms with Gasteiger partial charge >= 0.3 is 21.7 Å². The molecule has 0 atom stereocenters. The normalized spacial score (nSPS) is 11.9. The summed E-state index contributed by atoms with van der Waals surface area (Å²) in [6.45, 7) is 9.80. The van der Waals surface area contributed by atoms with Crippen molar-refractivity contribution in [2.75, 3.05) is 51.2 Å². The SMILES string of the molecule is CC(C)CCOc1[c-]c(Cl)nc(-c2ccc(N(C)C)cc2)n1.CC(C)CCOc1[c-]c(Cl)nc(-c2ccc(N(C)C)cc2)n1.[C-]1=CC=CC1.[C-]1=CC=CC1.[Ti+4]. The van der Waals surface area contributed by atoms with E-state index in [1.165, 1.54) is 0 Å². The van der Waals surface area contributed by atoms with Gasteiger partial charge < -0.3 is 31.4 Å². The van der Waals surface area contributed by atoms with E-state index in [0.717, 1.165) is 48.2 Å². The molecule has 2 aliphatic rings. The van der Waals surface area contributed by atoms with E-state index in [1.807, 2.05) is 111 Å². The second-order valence-electron chi connectivity index (χ2n) is 13.5. The number of halogens is 2. The van der Waals surface area contributed by atoms with Crippen molar-refractivity contribution < 1.29 is 31.2 Å². The molecule has 0 radical (unpaired) electrons. The predicted molar refractivity (Wildman–Crippen MR) is 224 cm³/mol. The fourth-order valence-corrected chi connectivity index (χ4v) is 4.71. The summed E-state index contributed by atoms with van der Waals surface area (Å²) in [5.41, 5.74) is 4.03. The molecule has 0 N–H and O–H groups in total. The zero-order valence-electron chi connectivity index (χ0n) is 33.2. The zero-order valence-corrected chi connectivity index (χ0v) is 36.3. The Morgan fingerprint density at radius 3 is 1.22 bits per heavy atom. The van der Waals surface area contributed by atoms with Gasteiger partial charge in [-0.1, -0.05) is 27.7 Å². The molecule has 288 valence electrons. The Labute approximate surface area is 354 Å². The predicted octanol–water partition coefficient (Wildman–Crippen LogP) is 10.8. The van der Waals surface area contributed by atoms with Gasteiger partial charge in [0, 0.05) is 62.5 Å². The average molecular weight is 816 g/mol. The average Bonchev–Trinajstić information content (AvgIpc) is 3.92. The van der Waals surface area contributed by atoms with Crippen molar-refractivity contribution in [3.63, 3.8) is 0 Å². The van der Waals surface area contributed by atoms with Gasteiger partial charge in [0.15, 0.2) is 11.6 Å².